The second kappa shape index (κ2) is 6.34. The van der Waals surface area contributed by atoms with E-state index in [1.54, 1.807) is 6.08 Å². The highest BCUT2D eigenvalue weighted by Crippen LogP contribution is 2.39. The largest absolute Gasteiger partial charge is 0.453 e. The Bertz CT molecular complexity index is 750. The van der Waals surface area contributed by atoms with E-state index < -0.39 is 0 Å². The molecule has 0 spiro atoms. The van der Waals surface area contributed by atoms with E-state index >= 15 is 0 Å². The van der Waals surface area contributed by atoms with Crippen LogP contribution in [0.25, 0.3) is 5.57 Å². The lowest BCUT2D eigenvalue weighted by molar-refractivity contribution is -0.142. The van der Waals surface area contributed by atoms with Crippen LogP contribution in [0.1, 0.15) is 31.7 Å². The van der Waals surface area contributed by atoms with Gasteiger partial charge in [0.05, 0.1) is 6.04 Å². The first-order valence-corrected chi connectivity index (χ1v) is 9.22. The van der Waals surface area contributed by atoms with Crippen LogP contribution in [0, 0.1) is 0 Å². The van der Waals surface area contributed by atoms with E-state index in [2.05, 4.69) is 61.2 Å². The van der Waals surface area contributed by atoms with Gasteiger partial charge in [-0.05, 0) is 55.7 Å². The lowest BCUT2D eigenvalue weighted by atomic mass is 9.93. The average molecular weight is 338 g/mol. The van der Waals surface area contributed by atoms with Crippen LogP contribution >= 0.6 is 0 Å². The van der Waals surface area contributed by atoms with E-state index in [1.165, 1.54) is 29.7 Å². The number of hydrogen-bond donors (Lipinski definition) is 0. The van der Waals surface area contributed by atoms with Crippen molar-refractivity contribution in [3.63, 3.8) is 0 Å². The Morgan fingerprint density at radius 2 is 2.04 bits per heavy atom. The topological polar surface area (TPSA) is 32.8 Å². The number of carbonyl (C=O) groups excluding carboxylic acids is 1. The van der Waals surface area contributed by atoms with Gasteiger partial charge in [0, 0.05) is 37.5 Å². The molecule has 1 aromatic rings. The van der Waals surface area contributed by atoms with Gasteiger partial charge in [-0.2, -0.15) is 0 Å². The van der Waals surface area contributed by atoms with Crippen molar-refractivity contribution in [2.75, 3.05) is 25.5 Å². The number of ether oxygens (including phenoxy) is 1. The first-order valence-electron chi connectivity index (χ1n) is 9.22. The lowest BCUT2D eigenvalue weighted by Gasteiger charge is -2.41. The lowest BCUT2D eigenvalue weighted by Crippen LogP contribution is -2.50. The summed E-state index contributed by atoms with van der Waals surface area (Å²) in [6, 6.07) is 9.26. The van der Waals surface area contributed by atoms with Gasteiger partial charge in [0.25, 0.3) is 0 Å². The van der Waals surface area contributed by atoms with E-state index in [0.717, 1.165) is 18.5 Å². The first-order chi connectivity index (χ1) is 12.0. The fraction of sp³-hybridized carbons (Fsp3) is 0.476. The highest BCUT2D eigenvalue weighted by molar-refractivity contribution is 5.88. The van der Waals surface area contributed by atoms with Crippen molar-refractivity contribution in [3.8, 4) is 0 Å². The average Bonchev–Trinajstić information content (AvgIpc) is 2.94. The molecule has 0 saturated carbocycles. The van der Waals surface area contributed by atoms with Gasteiger partial charge < -0.3 is 9.64 Å². The molecule has 132 valence electrons. The fourth-order valence-electron chi connectivity index (χ4n) is 4.42. The van der Waals surface area contributed by atoms with Crippen molar-refractivity contribution >= 4 is 17.2 Å². The molecular formula is C21H26N2O2. The molecule has 3 aliphatic rings. The fourth-order valence-corrected chi connectivity index (χ4v) is 4.42. The Balaban J connectivity index is 1.80. The highest BCUT2D eigenvalue weighted by Gasteiger charge is 2.42. The normalized spacial score (nSPS) is 29.1. The molecule has 0 aromatic heterocycles. The number of rotatable bonds is 2. The summed E-state index contributed by atoms with van der Waals surface area (Å²) in [5.41, 5.74) is 4.73. The van der Waals surface area contributed by atoms with Crippen LogP contribution in [0.5, 0.6) is 0 Å². The van der Waals surface area contributed by atoms with Crippen molar-refractivity contribution in [2.45, 2.75) is 44.4 Å². The monoisotopic (exact) mass is 338 g/mol. The summed E-state index contributed by atoms with van der Waals surface area (Å²) < 4.78 is 5.68. The summed E-state index contributed by atoms with van der Waals surface area (Å²) in [5.74, 6) is -0.197. The third-order valence-corrected chi connectivity index (χ3v) is 5.76. The molecule has 0 aliphatic carbocycles. The Morgan fingerprint density at radius 1 is 1.20 bits per heavy atom. The molecule has 25 heavy (non-hydrogen) atoms. The summed E-state index contributed by atoms with van der Waals surface area (Å²) >= 11 is 0. The summed E-state index contributed by atoms with van der Waals surface area (Å²) in [5, 5.41) is 0. The molecule has 3 heterocycles. The number of carbonyl (C=O) groups is 1. The Kier molecular flexibility index (Phi) is 4.16. The third-order valence-electron chi connectivity index (χ3n) is 5.76. The summed E-state index contributed by atoms with van der Waals surface area (Å²) in [6.45, 7) is 3.35. The van der Waals surface area contributed by atoms with Gasteiger partial charge in [0.1, 0.15) is 6.10 Å². The van der Waals surface area contributed by atoms with Gasteiger partial charge >= 0.3 is 5.97 Å². The molecule has 1 fully saturated rings. The molecule has 1 aromatic carbocycles. The van der Waals surface area contributed by atoms with Crippen LogP contribution in [0.4, 0.5) is 5.69 Å². The number of hydrogen-bond acceptors (Lipinski definition) is 4. The Morgan fingerprint density at radius 3 is 2.84 bits per heavy atom. The van der Waals surface area contributed by atoms with E-state index in [9.17, 15) is 4.79 Å². The zero-order valence-electron chi connectivity index (χ0n) is 15.2. The summed E-state index contributed by atoms with van der Waals surface area (Å²) in [4.78, 5) is 16.6. The summed E-state index contributed by atoms with van der Waals surface area (Å²) in [7, 11) is 4.12. The van der Waals surface area contributed by atoms with Crippen molar-refractivity contribution in [1.29, 1.82) is 0 Å². The smallest absolute Gasteiger partial charge is 0.331 e. The number of esters is 1. The molecule has 3 atom stereocenters. The van der Waals surface area contributed by atoms with Crippen molar-refractivity contribution < 1.29 is 9.53 Å². The van der Waals surface area contributed by atoms with Crippen molar-refractivity contribution in [2.24, 2.45) is 0 Å². The Hall–Kier alpha value is -2.07. The molecule has 3 aliphatic heterocycles. The quantitative estimate of drug-likeness (QED) is 0.775. The van der Waals surface area contributed by atoms with Gasteiger partial charge in [-0.25, -0.2) is 4.79 Å². The molecule has 0 N–H and O–H groups in total. The SMILES string of the molecule is C[C@H]1C(c2cccc(N(C)C)c2)=CC2=CC(=O)OC2C2CCCCN21. The minimum absolute atomic E-state index is 0.107. The summed E-state index contributed by atoms with van der Waals surface area (Å²) in [6.07, 6.45) is 7.30. The van der Waals surface area contributed by atoms with Crippen LogP contribution in [0.15, 0.2) is 42.0 Å². The molecule has 0 bridgehead atoms. The van der Waals surface area contributed by atoms with Crippen LogP contribution in [-0.4, -0.2) is 49.7 Å². The number of anilines is 1. The number of nitrogens with zero attached hydrogens (tertiary/aromatic N) is 2. The van der Waals surface area contributed by atoms with E-state index in [4.69, 9.17) is 4.74 Å². The zero-order valence-corrected chi connectivity index (χ0v) is 15.2. The zero-order chi connectivity index (χ0) is 17.6. The number of fused-ring (bicyclic) bond motifs is 3. The molecule has 1 saturated heterocycles. The van der Waals surface area contributed by atoms with Crippen LogP contribution in [0.2, 0.25) is 0 Å². The minimum atomic E-state index is -0.197. The molecule has 0 radical (unpaired) electrons. The van der Waals surface area contributed by atoms with Crippen LogP contribution in [-0.2, 0) is 9.53 Å². The predicted molar refractivity (Wildman–Crippen MR) is 101 cm³/mol. The van der Waals surface area contributed by atoms with Gasteiger partial charge in [-0.1, -0.05) is 18.6 Å². The number of benzene rings is 1. The number of piperidine rings is 1. The van der Waals surface area contributed by atoms with Gasteiger partial charge in [-0.15, -0.1) is 0 Å². The van der Waals surface area contributed by atoms with Crippen LogP contribution < -0.4 is 4.90 Å². The van der Waals surface area contributed by atoms with Crippen molar-refractivity contribution in [3.05, 3.63) is 47.6 Å². The molecular weight excluding hydrogens is 312 g/mol. The standard InChI is InChI=1S/C21H26N2O2/c1-14-18(15-7-6-8-17(11-15)22(2)3)12-16-13-20(24)25-21(16)19-9-4-5-10-23(14)19/h6-8,11-14,19,21H,4-5,9-10H2,1-3H3/t14-,19?,21?/m0/s1. The molecule has 4 heteroatoms. The van der Waals surface area contributed by atoms with E-state index in [0.29, 0.717) is 12.1 Å². The minimum Gasteiger partial charge on any atom is -0.453 e. The molecule has 4 rings (SSSR count). The second-order valence-corrected chi connectivity index (χ2v) is 7.52. The first kappa shape index (κ1) is 16.4. The van der Waals surface area contributed by atoms with Crippen LogP contribution in [0.3, 0.4) is 0 Å². The second-order valence-electron chi connectivity index (χ2n) is 7.52. The predicted octanol–water partition coefficient (Wildman–Crippen LogP) is 3.24. The molecule has 0 amide bonds. The maximum Gasteiger partial charge on any atom is 0.331 e. The Labute approximate surface area is 149 Å². The van der Waals surface area contributed by atoms with Gasteiger partial charge in [0.2, 0.25) is 0 Å². The van der Waals surface area contributed by atoms with E-state index in [-0.39, 0.29) is 12.1 Å². The molecule has 4 nitrogen and oxygen atoms in total. The van der Waals surface area contributed by atoms with Crippen molar-refractivity contribution in [1.82, 2.24) is 4.90 Å². The maximum atomic E-state index is 11.9. The van der Waals surface area contributed by atoms with Gasteiger partial charge in [0.15, 0.2) is 0 Å². The molecule has 2 unspecified atom stereocenters. The third kappa shape index (κ3) is 2.89. The maximum absolute atomic E-state index is 11.9. The van der Waals surface area contributed by atoms with Gasteiger partial charge in [-0.3, -0.25) is 4.90 Å². The van der Waals surface area contributed by atoms with E-state index in [1.807, 2.05) is 0 Å². The highest BCUT2D eigenvalue weighted by atomic mass is 16.5.